The van der Waals surface area contributed by atoms with Gasteiger partial charge in [-0.05, 0) is 18.6 Å². The van der Waals surface area contributed by atoms with E-state index in [9.17, 15) is 26.3 Å². The number of hydrogen-bond donors (Lipinski definition) is 4. The van der Waals surface area contributed by atoms with Gasteiger partial charge in [0.05, 0.1) is 29.9 Å². The number of halogens is 6. The maximum Gasteiger partial charge on any atom is 0.416 e. The average molecular weight is 452 g/mol. The molecule has 0 aliphatic carbocycles. The molecule has 2 heterocycles. The molecule has 0 saturated carbocycles. The smallest absolute Gasteiger partial charge is 0.382 e. The number of fused-ring (bicyclic) bond motifs is 1. The van der Waals surface area contributed by atoms with Gasteiger partial charge in [-0.1, -0.05) is 26.1 Å². The first kappa shape index (κ1) is 22.4. The lowest BCUT2D eigenvalue weighted by atomic mass is 10.0. The number of aromatic nitrogens is 1. The van der Waals surface area contributed by atoms with Crippen molar-refractivity contribution in [2.24, 2.45) is 4.99 Å². The molecule has 2 aromatic rings. The van der Waals surface area contributed by atoms with Crippen LogP contribution < -0.4 is 15.9 Å². The number of rotatable bonds is 4. The summed E-state index contributed by atoms with van der Waals surface area (Å²) < 4.78 is 78.3. The number of nitrogens with one attached hydrogen (secondary N) is 3. The number of aliphatic imine (C=N–C) groups is 1. The number of H-pyrrole nitrogens is 1. The Morgan fingerprint density at radius 1 is 1.20 bits per heavy atom. The summed E-state index contributed by atoms with van der Waals surface area (Å²) in [6.45, 7) is 2.32. The van der Waals surface area contributed by atoms with E-state index in [-0.39, 0.29) is 17.2 Å². The number of aliphatic hydroxyl groups excluding tert-OH is 1. The van der Waals surface area contributed by atoms with Gasteiger partial charge in [0.2, 0.25) is 0 Å². The third-order valence-corrected chi connectivity index (χ3v) is 5.90. The largest absolute Gasteiger partial charge is 0.416 e. The van der Waals surface area contributed by atoms with Crippen molar-refractivity contribution in [3.05, 3.63) is 35.5 Å². The summed E-state index contributed by atoms with van der Waals surface area (Å²) in [5.41, 5.74) is -0.280. The fraction of sp³-hybridized carbons (Fsp3) is 0.389. The second-order valence-electron chi connectivity index (χ2n) is 6.88. The lowest BCUT2D eigenvalue weighted by Gasteiger charge is -2.25. The second-order valence-corrected chi connectivity index (χ2v) is 9.15. The highest BCUT2D eigenvalue weighted by Gasteiger charge is 2.40. The minimum Gasteiger partial charge on any atom is -0.382 e. The minimum absolute atomic E-state index is 0.238. The van der Waals surface area contributed by atoms with Crippen LogP contribution in [0.2, 0.25) is 0 Å². The number of aliphatic hydroxyl groups is 1. The fourth-order valence-electron chi connectivity index (χ4n) is 3.06. The molecule has 4 N–H and O–H groups in total. The molecule has 0 spiro atoms. The minimum atomic E-state index is -4.86. The molecule has 1 aromatic carbocycles. The van der Waals surface area contributed by atoms with E-state index >= 15 is 0 Å². The summed E-state index contributed by atoms with van der Waals surface area (Å²) in [5, 5.41) is 15.3. The summed E-state index contributed by atoms with van der Waals surface area (Å²) in [5.74, 6) is -0.278. The summed E-state index contributed by atoms with van der Waals surface area (Å²) in [6, 6.07) is 5.33. The summed E-state index contributed by atoms with van der Waals surface area (Å²) in [7, 11) is -0.527. The fourth-order valence-corrected chi connectivity index (χ4v) is 4.08. The van der Waals surface area contributed by atoms with Gasteiger partial charge in [0.15, 0.2) is 12.1 Å². The molecule has 12 heteroatoms. The topological polar surface area (TPSA) is 72.4 Å². The summed E-state index contributed by atoms with van der Waals surface area (Å²) in [6.07, 6.45) is -10.8. The molecule has 1 aliphatic heterocycles. The van der Waals surface area contributed by atoms with E-state index in [1.54, 1.807) is 12.1 Å². The molecule has 0 amide bonds. The average Bonchev–Trinajstić information content (AvgIpc) is 3.08. The van der Waals surface area contributed by atoms with Gasteiger partial charge in [0, 0.05) is 17.1 Å². The van der Waals surface area contributed by atoms with Gasteiger partial charge in [0.25, 0.3) is 0 Å². The molecule has 0 bridgehead atoms. The number of alkyl halides is 6. The van der Waals surface area contributed by atoms with Crippen LogP contribution in [0.15, 0.2) is 35.0 Å². The van der Waals surface area contributed by atoms with Gasteiger partial charge in [-0.15, -0.1) is 0 Å². The zero-order valence-electron chi connectivity index (χ0n) is 15.9. The molecular formula is C18H19F6N4OP. The third-order valence-electron chi connectivity index (χ3n) is 4.57. The van der Waals surface area contributed by atoms with Crippen LogP contribution in [0.1, 0.15) is 5.56 Å². The molecule has 1 aliphatic rings. The quantitative estimate of drug-likeness (QED) is 0.425. The van der Waals surface area contributed by atoms with Crippen molar-refractivity contribution >= 4 is 35.8 Å². The Hall–Kier alpha value is -2.26. The standard InChI is InChI=1S/C18H19F6N4OP/c1-30(2)12-5-3-4-9-10(6-25-15(9)12)14-11(17(19,20)21)7-26-16(28-14)27-8-13(29)18(22,23)24/h3-6,13,25,29H,7-8H2,1-2H3,(H2,26,27,28). The summed E-state index contributed by atoms with van der Waals surface area (Å²) >= 11 is 0. The van der Waals surface area contributed by atoms with Gasteiger partial charge in [-0.3, -0.25) is 0 Å². The molecule has 30 heavy (non-hydrogen) atoms. The molecule has 5 nitrogen and oxygen atoms in total. The number of guanidine groups is 1. The van der Waals surface area contributed by atoms with E-state index in [4.69, 9.17) is 5.11 Å². The Morgan fingerprint density at radius 3 is 2.50 bits per heavy atom. The lowest BCUT2D eigenvalue weighted by molar-refractivity contribution is -0.201. The molecule has 3 rings (SSSR count). The molecule has 0 radical (unpaired) electrons. The van der Waals surface area contributed by atoms with Crippen molar-refractivity contribution in [3.8, 4) is 0 Å². The molecule has 0 saturated heterocycles. The molecule has 1 unspecified atom stereocenters. The Balaban J connectivity index is 1.97. The lowest BCUT2D eigenvalue weighted by Crippen LogP contribution is -2.47. The Morgan fingerprint density at radius 2 is 1.90 bits per heavy atom. The van der Waals surface area contributed by atoms with Gasteiger partial charge in [-0.2, -0.15) is 26.3 Å². The van der Waals surface area contributed by atoms with Crippen molar-refractivity contribution < 1.29 is 31.4 Å². The highest BCUT2D eigenvalue weighted by Crippen LogP contribution is 2.36. The zero-order valence-corrected chi connectivity index (χ0v) is 16.8. The van der Waals surface area contributed by atoms with Crippen molar-refractivity contribution in [1.29, 1.82) is 0 Å². The molecule has 1 aromatic heterocycles. The Bertz CT molecular complexity index is 993. The van der Waals surface area contributed by atoms with Crippen molar-refractivity contribution in [3.63, 3.8) is 0 Å². The van der Waals surface area contributed by atoms with E-state index in [0.717, 1.165) is 5.30 Å². The molecule has 1 atom stereocenters. The van der Waals surface area contributed by atoms with Crippen LogP contribution in [-0.4, -0.2) is 60.9 Å². The van der Waals surface area contributed by atoms with Crippen LogP contribution in [0, 0.1) is 0 Å². The van der Waals surface area contributed by atoms with Crippen molar-refractivity contribution in [2.45, 2.75) is 18.5 Å². The first-order chi connectivity index (χ1) is 13.9. The number of aromatic amines is 1. The zero-order chi connectivity index (χ0) is 22.3. The van der Waals surface area contributed by atoms with E-state index in [1.807, 2.05) is 19.4 Å². The van der Waals surface area contributed by atoms with Crippen molar-refractivity contribution in [2.75, 3.05) is 26.4 Å². The Kier molecular flexibility index (Phi) is 6.06. The van der Waals surface area contributed by atoms with Crippen LogP contribution in [0.3, 0.4) is 0 Å². The van der Waals surface area contributed by atoms with E-state index in [2.05, 4.69) is 20.6 Å². The maximum atomic E-state index is 13.6. The SMILES string of the molecule is CP(C)c1cccc2c(C3=C(C(F)(F)F)CN=C(NCC(O)C(F)(F)F)N3)c[nH]c12. The van der Waals surface area contributed by atoms with Crippen LogP contribution in [-0.2, 0) is 0 Å². The van der Waals surface area contributed by atoms with Crippen molar-refractivity contribution in [1.82, 2.24) is 15.6 Å². The van der Waals surface area contributed by atoms with Crippen LogP contribution in [0.25, 0.3) is 16.6 Å². The third kappa shape index (κ3) is 4.57. The predicted octanol–water partition coefficient (Wildman–Crippen LogP) is 3.28. The summed E-state index contributed by atoms with van der Waals surface area (Å²) in [4.78, 5) is 6.67. The second kappa shape index (κ2) is 8.11. The van der Waals surface area contributed by atoms with Gasteiger partial charge in [0.1, 0.15) is 0 Å². The number of benzene rings is 1. The van der Waals surface area contributed by atoms with Gasteiger partial charge < -0.3 is 20.7 Å². The highest BCUT2D eigenvalue weighted by atomic mass is 31.1. The first-order valence-electron chi connectivity index (χ1n) is 8.78. The molecule has 164 valence electrons. The maximum absolute atomic E-state index is 13.6. The van der Waals surface area contributed by atoms with E-state index < -0.39 is 45.0 Å². The number of hydrogen-bond acceptors (Lipinski definition) is 4. The van der Waals surface area contributed by atoms with E-state index in [1.165, 1.54) is 6.20 Å². The van der Waals surface area contributed by atoms with Gasteiger partial charge in [-0.25, -0.2) is 4.99 Å². The van der Waals surface area contributed by atoms with Crippen LogP contribution in [0.5, 0.6) is 0 Å². The molecule has 0 fully saturated rings. The van der Waals surface area contributed by atoms with Crippen LogP contribution in [0.4, 0.5) is 26.3 Å². The predicted molar refractivity (Wildman–Crippen MR) is 105 cm³/mol. The highest BCUT2D eigenvalue weighted by molar-refractivity contribution is 7.64. The van der Waals surface area contributed by atoms with Gasteiger partial charge >= 0.3 is 12.4 Å². The first-order valence-corrected chi connectivity index (χ1v) is 11.0. The normalized spacial score (nSPS) is 16.7. The van der Waals surface area contributed by atoms with Crippen LogP contribution >= 0.6 is 7.92 Å². The van der Waals surface area contributed by atoms with E-state index in [0.29, 0.717) is 10.9 Å². The molecular weight excluding hydrogens is 433 g/mol. The Labute approximate surface area is 169 Å². The number of para-hydroxylation sites is 1. The number of nitrogens with zero attached hydrogens (tertiary/aromatic N) is 1. The monoisotopic (exact) mass is 452 g/mol.